The third-order valence-corrected chi connectivity index (χ3v) is 6.40. The number of hydrogen-bond acceptors (Lipinski definition) is 6. The van der Waals surface area contributed by atoms with Crippen LogP contribution in [0.15, 0.2) is 87.8 Å². The van der Waals surface area contributed by atoms with Crippen LogP contribution in [0.1, 0.15) is 47.8 Å². The van der Waals surface area contributed by atoms with Crippen LogP contribution in [0, 0.1) is 0 Å². The first kappa shape index (κ1) is 32.5. The molecular formula is C33H34ClN6O3+3. The SMILES string of the molecule is Cl.O=Cc1ccc(C[N+]2=CCN=C2)cc1.O=Cc1ccc(C[N+]2=CCN=C2)cc1.O=Cc1ccc(C[N+]2=CCN=C2)cc1. The van der Waals surface area contributed by atoms with Gasteiger partial charge in [0.25, 0.3) is 19.0 Å². The summed E-state index contributed by atoms with van der Waals surface area (Å²) in [5.74, 6) is 0. The number of rotatable bonds is 9. The van der Waals surface area contributed by atoms with Crippen LogP contribution in [0.25, 0.3) is 0 Å². The molecule has 6 rings (SSSR count). The van der Waals surface area contributed by atoms with Crippen LogP contribution in [0.5, 0.6) is 0 Å². The molecule has 0 aromatic heterocycles. The molecule has 0 N–H and O–H groups in total. The minimum absolute atomic E-state index is 0. The molecule has 218 valence electrons. The number of aldehydes is 3. The molecule has 3 aliphatic rings. The van der Waals surface area contributed by atoms with E-state index in [1.54, 1.807) is 0 Å². The molecule has 10 heteroatoms. The summed E-state index contributed by atoms with van der Waals surface area (Å²) in [6.45, 7) is 4.78. The number of hydrogen-bond donors (Lipinski definition) is 0. The molecular weight excluding hydrogens is 564 g/mol. The Hall–Kier alpha value is -5.02. The summed E-state index contributed by atoms with van der Waals surface area (Å²) in [6.07, 6.45) is 14.2. The van der Waals surface area contributed by atoms with Crippen molar-refractivity contribution < 1.29 is 28.1 Å². The first-order chi connectivity index (χ1) is 20.6. The summed E-state index contributed by atoms with van der Waals surface area (Å²) >= 11 is 0. The van der Waals surface area contributed by atoms with Crippen LogP contribution in [0.3, 0.4) is 0 Å². The molecule has 3 aromatic carbocycles. The van der Waals surface area contributed by atoms with Gasteiger partial charge in [-0.2, -0.15) is 0 Å². The van der Waals surface area contributed by atoms with Gasteiger partial charge in [-0.15, -0.1) is 12.4 Å². The second-order valence-corrected chi connectivity index (χ2v) is 9.58. The highest BCUT2D eigenvalue weighted by Gasteiger charge is 2.07. The van der Waals surface area contributed by atoms with Crippen molar-refractivity contribution in [3.63, 3.8) is 0 Å². The van der Waals surface area contributed by atoms with Gasteiger partial charge in [0, 0.05) is 16.7 Å². The maximum atomic E-state index is 10.4. The van der Waals surface area contributed by atoms with Gasteiger partial charge in [0.1, 0.15) is 57.1 Å². The molecule has 0 saturated carbocycles. The summed E-state index contributed by atoms with van der Waals surface area (Å²) in [6, 6.07) is 22.7. The van der Waals surface area contributed by atoms with Gasteiger partial charge < -0.3 is 0 Å². The molecule has 0 spiro atoms. The first-order valence-electron chi connectivity index (χ1n) is 13.5. The van der Waals surface area contributed by atoms with E-state index >= 15 is 0 Å². The first-order valence-corrected chi connectivity index (χ1v) is 13.5. The molecule has 0 aliphatic carbocycles. The van der Waals surface area contributed by atoms with Crippen molar-refractivity contribution in [2.24, 2.45) is 15.0 Å². The minimum atomic E-state index is 0. The molecule has 9 nitrogen and oxygen atoms in total. The lowest BCUT2D eigenvalue weighted by atomic mass is 10.1. The van der Waals surface area contributed by atoms with Gasteiger partial charge in [-0.3, -0.25) is 14.4 Å². The Balaban J connectivity index is 0.000000175. The fourth-order valence-electron chi connectivity index (χ4n) is 4.11. The second-order valence-electron chi connectivity index (χ2n) is 9.58. The Morgan fingerprint density at radius 3 is 0.907 bits per heavy atom. The van der Waals surface area contributed by atoms with Gasteiger partial charge in [0.05, 0.1) is 0 Å². The van der Waals surface area contributed by atoms with Crippen LogP contribution in [-0.2, 0) is 19.6 Å². The summed E-state index contributed by atoms with van der Waals surface area (Å²) in [5.41, 5.74) is 5.69. The Morgan fingerprint density at radius 2 is 0.721 bits per heavy atom. The predicted molar refractivity (Wildman–Crippen MR) is 173 cm³/mol. The molecule has 0 unspecified atom stereocenters. The predicted octanol–water partition coefficient (Wildman–Crippen LogP) is 3.79. The summed E-state index contributed by atoms with van der Waals surface area (Å²) in [7, 11) is 0. The Morgan fingerprint density at radius 1 is 0.465 bits per heavy atom. The molecule has 43 heavy (non-hydrogen) atoms. The van der Waals surface area contributed by atoms with Crippen molar-refractivity contribution in [3.8, 4) is 0 Å². The maximum absolute atomic E-state index is 10.4. The van der Waals surface area contributed by atoms with Crippen LogP contribution >= 0.6 is 12.4 Å². The number of halogens is 1. The van der Waals surface area contributed by atoms with Crippen molar-refractivity contribution >= 4 is 68.9 Å². The average molecular weight is 598 g/mol. The number of nitrogens with zero attached hydrogens (tertiary/aromatic N) is 6. The molecule has 0 saturated heterocycles. The fourth-order valence-corrected chi connectivity index (χ4v) is 4.11. The van der Waals surface area contributed by atoms with E-state index in [2.05, 4.69) is 15.0 Å². The zero-order valence-corrected chi connectivity index (χ0v) is 24.5. The van der Waals surface area contributed by atoms with Crippen molar-refractivity contribution in [1.82, 2.24) is 0 Å². The van der Waals surface area contributed by atoms with E-state index in [0.29, 0.717) is 16.7 Å². The Labute approximate surface area is 257 Å². The number of benzene rings is 3. The van der Waals surface area contributed by atoms with Gasteiger partial charge in [-0.1, -0.05) is 87.8 Å². The molecule has 0 amide bonds. The molecule has 0 bridgehead atoms. The highest BCUT2D eigenvalue weighted by Crippen LogP contribution is 2.06. The summed E-state index contributed by atoms with van der Waals surface area (Å²) in [5, 5.41) is 0. The molecule has 3 aliphatic heterocycles. The summed E-state index contributed by atoms with van der Waals surface area (Å²) in [4.78, 5) is 43.5. The minimum Gasteiger partial charge on any atom is -0.298 e. The van der Waals surface area contributed by atoms with E-state index in [9.17, 15) is 14.4 Å². The van der Waals surface area contributed by atoms with Crippen molar-refractivity contribution in [3.05, 3.63) is 106 Å². The van der Waals surface area contributed by atoms with Crippen LogP contribution in [0.4, 0.5) is 0 Å². The zero-order chi connectivity index (χ0) is 29.4. The lowest BCUT2D eigenvalue weighted by Gasteiger charge is -1.98. The number of aliphatic imine (C=N–C) groups is 3. The lowest BCUT2D eigenvalue weighted by molar-refractivity contribution is -0.408. The monoisotopic (exact) mass is 597 g/mol. The highest BCUT2D eigenvalue weighted by atomic mass is 35.5. The zero-order valence-electron chi connectivity index (χ0n) is 23.7. The third kappa shape index (κ3) is 11.1. The third-order valence-electron chi connectivity index (χ3n) is 6.40. The van der Waals surface area contributed by atoms with E-state index < -0.39 is 0 Å². The topological polar surface area (TPSA) is 97.3 Å². The van der Waals surface area contributed by atoms with E-state index in [0.717, 1.165) is 58.1 Å². The average Bonchev–Trinajstić information content (AvgIpc) is 3.85. The highest BCUT2D eigenvalue weighted by molar-refractivity contribution is 5.85. The standard InChI is InChI=1S/3C11H11N2O.ClH/c3*14-8-11-3-1-10(2-4-11)7-13-6-5-12-9-13;/h3*1-4,6,8-9H,5,7H2;1H/q3*+1;. The fraction of sp³-hybridized carbons (Fsp3) is 0.182. The number of carbonyl (C=O) groups is 3. The van der Waals surface area contributed by atoms with Crippen LogP contribution in [0.2, 0.25) is 0 Å². The van der Waals surface area contributed by atoms with Gasteiger partial charge in [0.2, 0.25) is 0 Å². The largest absolute Gasteiger partial charge is 0.298 e. The van der Waals surface area contributed by atoms with Crippen LogP contribution in [-0.4, -0.2) is 89.9 Å². The van der Waals surface area contributed by atoms with Gasteiger partial charge in [0.15, 0.2) is 19.6 Å². The van der Waals surface area contributed by atoms with Gasteiger partial charge >= 0.3 is 0 Å². The summed E-state index contributed by atoms with van der Waals surface area (Å²) < 4.78 is 6.11. The van der Waals surface area contributed by atoms with E-state index in [1.807, 2.05) is 124 Å². The normalized spacial score (nSPS) is 13.8. The van der Waals surface area contributed by atoms with Gasteiger partial charge in [-0.05, 0) is 16.7 Å². The Bertz CT molecular complexity index is 1370. The Kier molecular flexibility index (Phi) is 13.4. The van der Waals surface area contributed by atoms with Crippen LogP contribution < -0.4 is 0 Å². The quantitative estimate of drug-likeness (QED) is 0.277. The van der Waals surface area contributed by atoms with Crippen molar-refractivity contribution in [1.29, 1.82) is 0 Å². The van der Waals surface area contributed by atoms with E-state index in [4.69, 9.17) is 0 Å². The second kappa shape index (κ2) is 17.7. The van der Waals surface area contributed by atoms with Crippen molar-refractivity contribution in [2.45, 2.75) is 19.6 Å². The van der Waals surface area contributed by atoms with Gasteiger partial charge in [-0.25, -0.2) is 13.7 Å². The maximum Gasteiger partial charge on any atom is 0.280 e. The van der Waals surface area contributed by atoms with Crippen molar-refractivity contribution in [2.75, 3.05) is 19.6 Å². The molecule has 3 heterocycles. The van der Waals surface area contributed by atoms with E-state index in [-0.39, 0.29) is 12.4 Å². The lowest BCUT2D eigenvalue weighted by Crippen LogP contribution is -2.06. The number of carbonyl (C=O) groups excluding carboxylic acids is 3. The molecule has 0 radical (unpaired) electrons. The van der Waals surface area contributed by atoms with E-state index in [1.165, 1.54) is 16.7 Å². The smallest absolute Gasteiger partial charge is 0.280 e. The molecule has 0 atom stereocenters. The molecule has 3 aromatic rings. The molecule has 0 fully saturated rings.